The van der Waals surface area contributed by atoms with Gasteiger partial charge in [-0.1, -0.05) is 40.0 Å². The molecule has 0 aromatic carbocycles. The van der Waals surface area contributed by atoms with Crippen LogP contribution in [0.3, 0.4) is 0 Å². The molecule has 90 valence electrons. The predicted molar refractivity (Wildman–Crippen MR) is 66.9 cm³/mol. The molecule has 0 radical (unpaired) electrons. The number of nitrogens with two attached hydrogens (primary N) is 1. The van der Waals surface area contributed by atoms with Gasteiger partial charge in [0.2, 0.25) is 0 Å². The van der Waals surface area contributed by atoms with Crippen molar-refractivity contribution in [3.05, 3.63) is 0 Å². The highest BCUT2D eigenvalue weighted by Gasteiger charge is 2.37. The van der Waals surface area contributed by atoms with Crippen molar-refractivity contribution in [3.8, 4) is 0 Å². The molecule has 1 aliphatic carbocycles. The van der Waals surface area contributed by atoms with Crippen molar-refractivity contribution in [1.82, 2.24) is 5.32 Å². The largest absolute Gasteiger partial charge is 0.329 e. The van der Waals surface area contributed by atoms with Crippen LogP contribution in [0.4, 0.5) is 0 Å². The van der Waals surface area contributed by atoms with E-state index in [4.69, 9.17) is 5.73 Å². The Labute approximate surface area is 95.0 Å². The van der Waals surface area contributed by atoms with Gasteiger partial charge in [-0.05, 0) is 31.2 Å². The van der Waals surface area contributed by atoms with Crippen molar-refractivity contribution < 1.29 is 0 Å². The zero-order valence-electron chi connectivity index (χ0n) is 10.7. The van der Waals surface area contributed by atoms with Crippen LogP contribution in [0.2, 0.25) is 0 Å². The van der Waals surface area contributed by atoms with Crippen molar-refractivity contribution in [2.45, 2.75) is 58.4 Å². The highest BCUT2D eigenvalue weighted by molar-refractivity contribution is 4.97. The van der Waals surface area contributed by atoms with E-state index in [9.17, 15) is 0 Å². The fourth-order valence-corrected chi connectivity index (χ4v) is 2.89. The van der Waals surface area contributed by atoms with Crippen molar-refractivity contribution >= 4 is 0 Å². The van der Waals surface area contributed by atoms with Gasteiger partial charge in [0.05, 0.1) is 0 Å². The molecule has 2 atom stereocenters. The van der Waals surface area contributed by atoms with Gasteiger partial charge in [0.15, 0.2) is 0 Å². The Morgan fingerprint density at radius 1 is 1.40 bits per heavy atom. The van der Waals surface area contributed by atoms with Crippen molar-refractivity contribution in [1.29, 1.82) is 0 Å². The summed E-state index contributed by atoms with van der Waals surface area (Å²) in [5.41, 5.74) is 6.28. The fraction of sp³-hybridized carbons (Fsp3) is 1.00. The average Bonchev–Trinajstić information content (AvgIpc) is 2.26. The Morgan fingerprint density at radius 2 is 2.13 bits per heavy atom. The molecule has 0 heterocycles. The van der Waals surface area contributed by atoms with Gasteiger partial charge in [-0.15, -0.1) is 0 Å². The topological polar surface area (TPSA) is 38.0 Å². The molecule has 0 aliphatic heterocycles. The molecule has 0 bridgehead atoms. The van der Waals surface area contributed by atoms with E-state index in [1.54, 1.807) is 0 Å². The molecule has 0 saturated heterocycles. The summed E-state index contributed by atoms with van der Waals surface area (Å²) in [5, 5.41) is 3.76. The second kappa shape index (κ2) is 5.86. The SMILES string of the molecule is CCC1CCCCC1(CN)NCC(C)C. The maximum Gasteiger partial charge on any atom is 0.0332 e. The molecule has 2 nitrogen and oxygen atoms in total. The average molecular weight is 212 g/mol. The van der Waals surface area contributed by atoms with Crippen LogP contribution in [0.15, 0.2) is 0 Å². The van der Waals surface area contributed by atoms with Gasteiger partial charge < -0.3 is 11.1 Å². The highest BCUT2D eigenvalue weighted by Crippen LogP contribution is 2.35. The summed E-state index contributed by atoms with van der Waals surface area (Å²) in [6.45, 7) is 8.74. The molecule has 1 aliphatic rings. The Bertz CT molecular complexity index is 179. The summed E-state index contributed by atoms with van der Waals surface area (Å²) in [6.07, 6.45) is 6.64. The smallest absolute Gasteiger partial charge is 0.0332 e. The van der Waals surface area contributed by atoms with Gasteiger partial charge in [-0.2, -0.15) is 0 Å². The molecule has 3 N–H and O–H groups in total. The normalized spacial score (nSPS) is 32.2. The lowest BCUT2D eigenvalue weighted by molar-refractivity contribution is 0.139. The minimum absolute atomic E-state index is 0.247. The first-order valence-corrected chi connectivity index (χ1v) is 6.59. The Kier molecular flexibility index (Phi) is 5.07. The first-order valence-electron chi connectivity index (χ1n) is 6.59. The molecule has 0 aromatic rings. The van der Waals surface area contributed by atoms with Gasteiger partial charge >= 0.3 is 0 Å². The number of hydrogen-bond donors (Lipinski definition) is 2. The van der Waals surface area contributed by atoms with Gasteiger partial charge in [-0.25, -0.2) is 0 Å². The monoisotopic (exact) mass is 212 g/mol. The van der Waals surface area contributed by atoms with E-state index in [0.29, 0.717) is 5.92 Å². The van der Waals surface area contributed by atoms with E-state index >= 15 is 0 Å². The molecule has 0 aromatic heterocycles. The maximum atomic E-state index is 6.03. The lowest BCUT2D eigenvalue weighted by Gasteiger charge is -2.44. The maximum absolute atomic E-state index is 6.03. The molecule has 15 heavy (non-hydrogen) atoms. The van der Waals surface area contributed by atoms with Gasteiger partial charge in [0.1, 0.15) is 0 Å². The number of rotatable bonds is 5. The minimum atomic E-state index is 0.247. The summed E-state index contributed by atoms with van der Waals surface area (Å²) < 4.78 is 0. The van der Waals surface area contributed by atoms with Gasteiger partial charge in [0, 0.05) is 12.1 Å². The third kappa shape index (κ3) is 3.18. The second-order valence-electron chi connectivity index (χ2n) is 5.49. The van der Waals surface area contributed by atoms with Crippen LogP contribution in [-0.4, -0.2) is 18.6 Å². The summed E-state index contributed by atoms with van der Waals surface area (Å²) >= 11 is 0. The summed E-state index contributed by atoms with van der Waals surface area (Å²) in [4.78, 5) is 0. The summed E-state index contributed by atoms with van der Waals surface area (Å²) in [7, 11) is 0. The van der Waals surface area contributed by atoms with Gasteiger partial charge in [-0.3, -0.25) is 0 Å². The van der Waals surface area contributed by atoms with Crippen LogP contribution in [0.25, 0.3) is 0 Å². The van der Waals surface area contributed by atoms with Crippen LogP contribution in [0.5, 0.6) is 0 Å². The van der Waals surface area contributed by atoms with E-state index < -0.39 is 0 Å². The van der Waals surface area contributed by atoms with Crippen LogP contribution >= 0.6 is 0 Å². The first-order chi connectivity index (χ1) is 7.14. The molecule has 2 heteroatoms. The fourth-order valence-electron chi connectivity index (χ4n) is 2.89. The standard InChI is InChI=1S/C13H28N2/c1-4-12-7-5-6-8-13(12,10-14)15-9-11(2)3/h11-12,15H,4-10,14H2,1-3H3. The molecule has 1 rings (SSSR count). The predicted octanol–water partition coefficient (Wildman–Crippen LogP) is 2.53. The zero-order valence-corrected chi connectivity index (χ0v) is 10.7. The first kappa shape index (κ1) is 13.0. The van der Waals surface area contributed by atoms with Crippen molar-refractivity contribution in [2.75, 3.05) is 13.1 Å². The van der Waals surface area contributed by atoms with E-state index in [-0.39, 0.29) is 5.54 Å². The molecular formula is C13H28N2. The third-order valence-corrected chi connectivity index (χ3v) is 3.93. The van der Waals surface area contributed by atoms with Crippen molar-refractivity contribution in [3.63, 3.8) is 0 Å². The van der Waals surface area contributed by atoms with Crippen molar-refractivity contribution in [2.24, 2.45) is 17.6 Å². The Morgan fingerprint density at radius 3 is 2.67 bits per heavy atom. The van der Waals surface area contributed by atoms with Crippen LogP contribution < -0.4 is 11.1 Å². The zero-order chi connectivity index (χ0) is 11.3. The van der Waals surface area contributed by atoms with Gasteiger partial charge in [0.25, 0.3) is 0 Å². The Hall–Kier alpha value is -0.0800. The van der Waals surface area contributed by atoms with E-state index in [1.165, 1.54) is 32.1 Å². The molecule has 1 fully saturated rings. The second-order valence-corrected chi connectivity index (χ2v) is 5.49. The van der Waals surface area contributed by atoms with E-state index in [0.717, 1.165) is 19.0 Å². The molecule has 0 amide bonds. The molecule has 0 spiro atoms. The highest BCUT2D eigenvalue weighted by atomic mass is 15.0. The van der Waals surface area contributed by atoms with E-state index in [2.05, 4.69) is 26.1 Å². The third-order valence-electron chi connectivity index (χ3n) is 3.93. The molecule has 2 unspecified atom stereocenters. The lowest BCUT2D eigenvalue weighted by atomic mass is 9.71. The molecular weight excluding hydrogens is 184 g/mol. The summed E-state index contributed by atoms with van der Waals surface area (Å²) in [6, 6.07) is 0. The number of nitrogens with one attached hydrogen (secondary N) is 1. The quantitative estimate of drug-likeness (QED) is 0.735. The minimum Gasteiger partial charge on any atom is -0.329 e. The van der Waals surface area contributed by atoms with Crippen LogP contribution in [0, 0.1) is 11.8 Å². The van der Waals surface area contributed by atoms with Crippen LogP contribution in [0.1, 0.15) is 52.9 Å². The van der Waals surface area contributed by atoms with Crippen LogP contribution in [-0.2, 0) is 0 Å². The Balaban J connectivity index is 2.61. The van der Waals surface area contributed by atoms with E-state index in [1.807, 2.05) is 0 Å². The molecule has 1 saturated carbocycles. The lowest BCUT2D eigenvalue weighted by Crippen LogP contribution is -2.58. The summed E-state index contributed by atoms with van der Waals surface area (Å²) in [5.74, 6) is 1.50. The number of hydrogen-bond acceptors (Lipinski definition) is 2.